The number of benzene rings is 3. The Balaban J connectivity index is 1.76. The number of carbonyl (C=O) groups excluding carboxylic acids is 2. The molecule has 2 amide bonds. The second-order valence-corrected chi connectivity index (χ2v) is 10.7. The fourth-order valence-corrected chi connectivity index (χ4v) is 5.61. The second kappa shape index (κ2) is 12.7. The summed E-state index contributed by atoms with van der Waals surface area (Å²) in [6.45, 7) is 5.42. The van der Waals surface area contributed by atoms with Crippen LogP contribution in [0.4, 0.5) is 5.69 Å². The summed E-state index contributed by atoms with van der Waals surface area (Å²) in [4.78, 5) is 30.5. The van der Waals surface area contributed by atoms with Gasteiger partial charge in [0.1, 0.15) is 18.8 Å². The fourth-order valence-electron chi connectivity index (χ4n) is 4.63. The van der Waals surface area contributed by atoms with Gasteiger partial charge < -0.3 is 14.4 Å². The summed E-state index contributed by atoms with van der Waals surface area (Å²) < 4.78 is 11.3. The van der Waals surface area contributed by atoms with Gasteiger partial charge in [0.2, 0.25) is 0 Å². The first-order valence-electron chi connectivity index (χ1n) is 12.1. The van der Waals surface area contributed by atoms with Gasteiger partial charge in [-0.3, -0.25) is 9.59 Å². The monoisotopic (exact) mass is 595 g/mol. The molecule has 3 aromatic carbocycles. The van der Waals surface area contributed by atoms with Crippen LogP contribution >= 0.6 is 46.4 Å². The Morgan fingerprint density at radius 3 is 2.13 bits per heavy atom. The van der Waals surface area contributed by atoms with E-state index in [0.717, 1.165) is 16.0 Å². The Hall–Kier alpha value is -2.32. The van der Waals surface area contributed by atoms with Crippen molar-refractivity contribution in [3.8, 4) is 5.75 Å². The molecule has 38 heavy (non-hydrogen) atoms. The highest BCUT2D eigenvalue weighted by Gasteiger charge is 2.41. The van der Waals surface area contributed by atoms with Crippen molar-refractivity contribution in [2.24, 2.45) is 0 Å². The van der Waals surface area contributed by atoms with Crippen LogP contribution < -0.4 is 14.5 Å². The quantitative estimate of drug-likeness (QED) is 0.391. The first kappa shape index (κ1) is 28.7. The number of nitrogens with one attached hydrogen (secondary N) is 1. The molecule has 4 rings (SSSR count). The number of ether oxygens (including phenoxy) is 2. The van der Waals surface area contributed by atoms with Gasteiger partial charge in [0, 0.05) is 15.6 Å². The van der Waals surface area contributed by atoms with Gasteiger partial charge in [0.05, 0.1) is 28.9 Å². The number of para-hydroxylation sites is 1. The first-order chi connectivity index (χ1) is 18.2. The van der Waals surface area contributed by atoms with Crippen LogP contribution in [0, 0.1) is 13.8 Å². The predicted octanol–water partition coefficient (Wildman–Crippen LogP) is 5.51. The van der Waals surface area contributed by atoms with Crippen molar-refractivity contribution in [3.05, 3.63) is 91.4 Å². The summed E-state index contributed by atoms with van der Waals surface area (Å²) in [5, 5.41) is 1.52. The van der Waals surface area contributed by atoms with Crippen molar-refractivity contribution in [2.45, 2.75) is 19.9 Å². The van der Waals surface area contributed by atoms with Gasteiger partial charge >= 0.3 is 0 Å². The lowest BCUT2D eigenvalue weighted by molar-refractivity contribution is -0.929. The van der Waals surface area contributed by atoms with Gasteiger partial charge in [0.25, 0.3) is 11.8 Å². The van der Waals surface area contributed by atoms with Crippen LogP contribution in [0.3, 0.4) is 0 Å². The summed E-state index contributed by atoms with van der Waals surface area (Å²) in [6, 6.07) is 14.6. The number of imide groups is 1. The van der Waals surface area contributed by atoms with Gasteiger partial charge in [-0.15, -0.1) is 0 Å². The van der Waals surface area contributed by atoms with E-state index in [4.69, 9.17) is 55.9 Å². The molecule has 0 radical (unpaired) electrons. The summed E-state index contributed by atoms with van der Waals surface area (Å²) in [6.07, 6.45) is 0. The summed E-state index contributed by atoms with van der Waals surface area (Å²) in [7, 11) is 0. The zero-order valence-corrected chi connectivity index (χ0v) is 23.9. The molecule has 1 atom stereocenters. The van der Waals surface area contributed by atoms with Gasteiger partial charge in [-0.05, 0) is 61.4 Å². The fraction of sp³-hybridized carbons (Fsp3) is 0.286. The zero-order valence-electron chi connectivity index (χ0n) is 20.9. The van der Waals surface area contributed by atoms with Crippen molar-refractivity contribution >= 4 is 63.9 Å². The van der Waals surface area contributed by atoms with E-state index in [1.54, 1.807) is 30.3 Å². The van der Waals surface area contributed by atoms with E-state index in [1.165, 1.54) is 11.0 Å². The van der Waals surface area contributed by atoms with Gasteiger partial charge in [0.15, 0.2) is 12.6 Å². The molecule has 1 N–H and O–H groups in total. The molecule has 0 aromatic heterocycles. The molecule has 1 unspecified atom stereocenters. The molecule has 1 saturated heterocycles. The third-order valence-corrected chi connectivity index (χ3v) is 7.53. The largest absolute Gasteiger partial charge is 0.482 e. The third kappa shape index (κ3) is 6.45. The number of halogens is 4. The average Bonchev–Trinajstić information content (AvgIpc) is 2.87. The molecule has 1 heterocycles. The Kier molecular flexibility index (Phi) is 9.58. The highest BCUT2D eigenvalue weighted by atomic mass is 35.5. The van der Waals surface area contributed by atoms with E-state index in [-0.39, 0.29) is 10.8 Å². The number of aryl methyl sites for hydroxylation is 2. The van der Waals surface area contributed by atoms with E-state index in [9.17, 15) is 9.59 Å². The van der Waals surface area contributed by atoms with Gasteiger partial charge in [-0.1, -0.05) is 64.6 Å². The van der Waals surface area contributed by atoms with Crippen LogP contribution in [0.5, 0.6) is 5.75 Å². The van der Waals surface area contributed by atoms with Gasteiger partial charge in [-0.25, -0.2) is 4.90 Å². The van der Waals surface area contributed by atoms with Crippen LogP contribution in [0.2, 0.25) is 20.1 Å². The molecule has 0 bridgehead atoms. The normalized spacial score (nSPS) is 14.7. The molecule has 1 fully saturated rings. The lowest BCUT2D eigenvalue weighted by atomic mass is 10.0. The van der Waals surface area contributed by atoms with Crippen LogP contribution in [0.1, 0.15) is 22.7 Å². The molecule has 6 nitrogen and oxygen atoms in total. The minimum absolute atomic E-state index is 0.263. The van der Waals surface area contributed by atoms with Crippen LogP contribution in [0.25, 0.3) is 0 Å². The number of hydrogen-bond donors (Lipinski definition) is 1. The number of amides is 2. The maximum atomic E-state index is 14.5. The Morgan fingerprint density at radius 1 is 0.921 bits per heavy atom. The highest BCUT2D eigenvalue weighted by molar-refractivity contribution is 6.36. The molecule has 0 saturated carbocycles. The minimum atomic E-state index is -0.772. The second-order valence-electron chi connectivity index (χ2n) is 9.04. The van der Waals surface area contributed by atoms with E-state index in [2.05, 4.69) is 0 Å². The van der Waals surface area contributed by atoms with Crippen molar-refractivity contribution in [3.63, 3.8) is 0 Å². The van der Waals surface area contributed by atoms with Crippen LogP contribution in [-0.2, 0) is 14.3 Å². The average molecular weight is 597 g/mol. The molecular weight excluding hydrogens is 570 g/mol. The maximum Gasteiger partial charge on any atom is 0.297 e. The van der Waals surface area contributed by atoms with E-state index < -0.39 is 24.5 Å². The highest BCUT2D eigenvalue weighted by Crippen LogP contribution is 2.32. The minimum Gasteiger partial charge on any atom is -0.482 e. The standard InChI is InChI=1S/C28H26Cl4N2O4/c1-17-4-3-5-18(2)26(17)34(25(35)16-38-24-9-7-20(30)15-23(24)32)28(36)27(33-10-12-37-13-11-33)21-8-6-19(29)14-22(21)31/h3-9,14-15,27H,10-13,16H2,1-2H3/p+1. The molecule has 10 heteroatoms. The number of quaternary nitrogens is 1. The molecule has 1 aliphatic heterocycles. The molecule has 0 spiro atoms. The lowest BCUT2D eigenvalue weighted by Gasteiger charge is -2.34. The van der Waals surface area contributed by atoms with E-state index in [0.29, 0.717) is 52.6 Å². The molecular formula is C28H27Cl4N2O4+. The Bertz CT molecular complexity index is 1320. The number of carbonyl (C=O) groups is 2. The number of rotatable bonds is 7. The molecule has 0 aliphatic carbocycles. The predicted molar refractivity (Wildman–Crippen MR) is 151 cm³/mol. The Labute approximate surface area is 241 Å². The lowest BCUT2D eigenvalue weighted by Crippen LogP contribution is -3.15. The van der Waals surface area contributed by atoms with Crippen molar-refractivity contribution in [1.29, 1.82) is 0 Å². The number of morpholine rings is 1. The molecule has 3 aromatic rings. The zero-order chi connectivity index (χ0) is 27.4. The van der Waals surface area contributed by atoms with Crippen molar-refractivity contribution in [1.82, 2.24) is 0 Å². The van der Waals surface area contributed by atoms with Crippen LogP contribution in [0.15, 0.2) is 54.6 Å². The number of nitrogens with zero attached hydrogens (tertiary/aromatic N) is 1. The summed E-state index contributed by atoms with van der Waals surface area (Å²) >= 11 is 25.0. The van der Waals surface area contributed by atoms with Crippen molar-refractivity contribution < 1.29 is 24.0 Å². The molecule has 1 aliphatic rings. The third-order valence-electron chi connectivity index (χ3n) is 6.44. The van der Waals surface area contributed by atoms with Crippen molar-refractivity contribution in [2.75, 3.05) is 37.8 Å². The SMILES string of the molecule is Cc1cccc(C)c1N(C(=O)COc1ccc(Cl)cc1Cl)C(=O)C(c1ccc(Cl)cc1Cl)[NH+]1CCOCC1. The van der Waals surface area contributed by atoms with Crippen LogP contribution in [-0.4, -0.2) is 44.7 Å². The Morgan fingerprint density at radius 2 is 1.53 bits per heavy atom. The van der Waals surface area contributed by atoms with E-state index >= 15 is 0 Å². The first-order valence-corrected chi connectivity index (χ1v) is 13.6. The molecule has 200 valence electrons. The summed E-state index contributed by atoms with van der Waals surface area (Å²) in [5.41, 5.74) is 2.64. The number of anilines is 1. The smallest absolute Gasteiger partial charge is 0.297 e. The van der Waals surface area contributed by atoms with Gasteiger partial charge in [-0.2, -0.15) is 0 Å². The maximum absolute atomic E-state index is 14.5. The number of hydrogen-bond acceptors (Lipinski definition) is 4. The van der Waals surface area contributed by atoms with E-state index in [1.807, 2.05) is 32.0 Å². The topological polar surface area (TPSA) is 60.3 Å². The summed E-state index contributed by atoms with van der Waals surface area (Å²) in [5.74, 6) is -0.671.